The summed E-state index contributed by atoms with van der Waals surface area (Å²) in [6.45, 7) is 4.32. The fraction of sp³-hybridized carbons (Fsp3) is 0.333. The number of carbonyl (C=O) groups is 1. The van der Waals surface area contributed by atoms with Gasteiger partial charge in [-0.05, 0) is 44.9 Å². The number of hydrogen-bond acceptors (Lipinski definition) is 6. The number of anilines is 1. The van der Waals surface area contributed by atoms with Crippen LogP contribution in [0, 0.1) is 17.1 Å². The zero-order valence-electron chi connectivity index (χ0n) is 18.3. The maximum Gasteiger partial charge on any atom is 0.255 e. The third kappa shape index (κ3) is 3.52. The van der Waals surface area contributed by atoms with Gasteiger partial charge in [0.05, 0.1) is 52.5 Å². The molecule has 33 heavy (non-hydrogen) atoms. The lowest BCUT2D eigenvalue weighted by molar-refractivity contribution is 0.0965. The molecule has 0 saturated carbocycles. The first-order valence-corrected chi connectivity index (χ1v) is 10.9. The highest BCUT2D eigenvalue weighted by atomic mass is 19.1. The Morgan fingerprint density at radius 1 is 1.21 bits per heavy atom. The fourth-order valence-corrected chi connectivity index (χ4v) is 4.98. The largest absolute Gasteiger partial charge is 0.393 e. The summed E-state index contributed by atoms with van der Waals surface area (Å²) in [7, 11) is 0. The van der Waals surface area contributed by atoms with E-state index in [0.717, 1.165) is 5.82 Å². The molecule has 1 fully saturated rings. The van der Waals surface area contributed by atoms with Crippen LogP contribution in [-0.2, 0) is 6.54 Å². The molecule has 168 valence electrons. The molecule has 1 unspecified atom stereocenters. The molecular formula is C24H23FN6O2. The van der Waals surface area contributed by atoms with Crippen molar-refractivity contribution in [2.75, 3.05) is 4.90 Å². The zero-order chi connectivity index (χ0) is 23.3. The van der Waals surface area contributed by atoms with Gasteiger partial charge in [0, 0.05) is 24.3 Å². The van der Waals surface area contributed by atoms with E-state index in [1.165, 1.54) is 18.2 Å². The number of hydrogen-bond donors (Lipinski definition) is 2. The number of nitriles is 1. The van der Waals surface area contributed by atoms with Crippen molar-refractivity contribution >= 4 is 11.7 Å². The van der Waals surface area contributed by atoms with Gasteiger partial charge in [0.2, 0.25) is 0 Å². The molecule has 0 radical (unpaired) electrons. The quantitative estimate of drug-likeness (QED) is 0.641. The van der Waals surface area contributed by atoms with Crippen molar-refractivity contribution in [3.8, 4) is 23.0 Å². The number of pyridine rings is 1. The summed E-state index contributed by atoms with van der Waals surface area (Å²) >= 11 is 0. The molecule has 4 heterocycles. The lowest BCUT2D eigenvalue weighted by Gasteiger charge is -2.41. The van der Waals surface area contributed by atoms with Crippen LogP contribution in [0.15, 0.2) is 36.5 Å². The molecule has 3 aromatic rings. The minimum absolute atomic E-state index is 0.100. The van der Waals surface area contributed by atoms with E-state index in [1.54, 1.807) is 16.9 Å². The van der Waals surface area contributed by atoms with Crippen LogP contribution in [0.1, 0.15) is 48.3 Å². The highest BCUT2D eigenvalue weighted by Crippen LogP contribution is 2.33. The predicted octanol–water partition coefficient (Wildman–Crippen LogP) is 2.93. The van der Waals surface area contributed by atoms with Gasteiger partial charge in [0.15, 0.2) is 5.82 Å². The van der Waals surface area contributed by atoms with E-state index in [1.807, 2.05) is 12.1 Å². The van der Waals surface area contributed by atoms with Crippen LogP contribution in [0.3, 0.4) is 0 Å². The lowest BCUT2D eigenvalue weighted by Crippen LogP contribution is -2.48. The maximum atomic E-state index is 14.7. The van der Waals surface area contributed by atoms with Gasteiger partial charge in [0.1, 0.15) is 5.82 Å². The monoisotopic (exact) mass is 446 g/mol. The maximum absolute atomic E-state index is 14.7. The molecule has 0 spiro atoms. The first-order valence-electron chi connectivity index (χ1n) is 10.9. The Labute approximate surface area is 190 Å². The minimum Gasteiger partial charge on any atom is -0.393 e. The van der Waals surface area contributed by atoms with Gasteiger partial charge in [-0.2, -0.15) is 10.4 Å². The van der Waals surface area contributed by atoms with Crippen molar-refractivity contribution in [2.24, 2.45) is 0 Å². The number of nitrogens with one attached hydrogen (secondary N) is 1. The summed E-state index contributed by atoms with van der Waals surface area (Å²) in [5.41, 5.74) is 1.89. The number of halogens is 1. The third-order valence-electron chi connectivity index (χ3n) is 6.37. The van der Waals surface area contributed by atoms with Gasteiger partial charge in [-0.15, -0.1) is 0 Å². The van der Waals surface area contributed by atoms with Crippen LogP contribution in [0.2, 0.25) is 0 Å². The number of nitrogens with zero attached hydrogens (tertiary/aromatic N) is 5. The van der Waals surface area contributed by atoms with Crippen molar-refractivity contribution < 1.29 is 14.3 Å². The van der Waals surface area contributed by atoms with E-state index in [2.05, 4.69) is 29.0 Å². The lowest BCUT2D eigenvalue weighted by atomic mass is 9.95. The van der Waals surface area contributed by atoms with Crippen LogP contribution in [0.25, 0.3) is 16.9 Å². The molecule has 1 saturated heterocycles. The van der Waals surface area contributed by atoms with Crippen molar-refractivity contribution in [2.45, 2.75) is 51.4 Å². The summed E-state index contributed by atoms with van der Waals surface area (Å²) in [6, 6.07) is 10.0. The smallest absolute Gasteiger partial charge is 0.255 e. The van der Waals surface area contributed by atoms with E-state index in [-0.39, 0.29) is 47.5 Å². The standard InChI is InChI=1S/C24H23FN6O2/c1-13-8-16(32)9-14(2)31(13)21-6-7-30(29-21)20-10-18(28-19-12-27-24(33)23(19)20)22-15(11-26)4-3-5-17(22)25/h3-7,10,13-14,16,32H,8-9,12H2,1-2H3,(H,27,33)/t13-,14+,16?. The van der Waals surface area contributed by atoms with Gasteiger partial charge in [-0.1, -0.05) is 6.07 Å². The number of fused-ring (bicyclic) bond motifs is 1. The van der Waals surface area contributed by atoms with Gasteiger partial charge in [-0.25, -0.2) is 14.1 Å². The zero-order valence-corrected chi connectivity index (χ0v) is 18.3. The number of benzene rings is 1. The second-order valence-electron chi connectivity index (χ2n) is 8.65. The van der Waals surface area contributed by atoms with Crippen LogP contribution < -0.4 is 10.2 Å². The first-order chi connectivity index (χ1) is 15.9. The number of carbonyl (C=O) groups excluding carboxylic acids is 1. The molecule has 0 bridgehead atoms. The second kappa shape index (κ2) is 7.98. The highest BCUT2D eigenvalue weighted by molar-refractivity contribution is 6.01. The minimum atomic E-state index is -0.555. The number of amides is 1. The van der Waals surface area contributed by atoms with E-state index in [9.17, 15) is 19.6 Å². The van der Waals surface area contributed by atoms with Crippen molar-refractivity contribution in [1.82, 2.24) is 20.1 Å². The first kappa shape index (κ1) is 21.1. The SMILES string of the molecule is C[C@@H]1CC(O)C[C@H](C)N1c1ccn(-c2cc(-c3c(F)cccc3C#N)nc3c2C(=O)NC3)n1. The van der Waals surface area contributed by atoms with Crippen LogP contribution in [0.5, 0.6) is 0 Å². The Kier molecular flexibility index (Phi) is 5.10. The summed E-state index contributed by atoms with van der Waals surface area (Å²) in [5, 5.41) is 27.1. The molecule has 2 aliphatic rings. The summed E-state index contributed by atoms with van der Waals surface area (Å²) < 4.78 is 16.3. The van der Waals surface area contributed by atoms with Gasteiger partial charge in [0.25, 0.3) is 5.91 Å². The Morgan fingerprint density at radius 3 is 2.70 bits per heavy atom. The molecule has 5 rings (SSSR count). The molecule has 1 aromatic carbocycles. The number of piperidine rings is 1. The van der Waals surface area contributed by atoms with E-state index >= 15 is 0 Å². The number of rotatable bonds is 3. The Bertz CT molecular complexity index is 1280. The number of aliphatic hydroxyl groups excluding tert-OH is 1. The fourth-order valence-electron chi connectivity index (χ4n) is 4.98. The normalized spacial score (nSPS) is 22.1. The summed E-state index contributed by atoms with van der Waals surface area (Å²) in [4.78, 5) is 19.3. The second-order valence-corrected chi connectivity index (χ2v) is 8.65. The molecule has 2 aromatic heterocycles. The molecule has 2 N–H and O–H groups in total. The van der Waals surface area contributed by atoms with Gasteiger partial charge < -0.3 is 15.3 Å². The van der Waals surface area contributed by atoms with Crippen molar-refractivity contribution in [3.63, 3.8) is 0 Å². The average molecular weight is 446 g/mol. The van der Waals surface area contributed by atoms with E-state index < -0.39 is 5.82 Å². The molecule has 9 heteroatoms. The molecule has 3 atom stereocenters. The highest BCUT2D eigenvalue weighted by Gasteiger charge is 2.32. The molecule has 0 aliphatic carbocycles. The summed E-state index contributed by atoms with van der Waals surface area (Å²) in [6.07, 6.45) is 2.73. The van der Waals surface area contributed by atoms with Crippen LogP contribution in [0.4, 0.5) is 10.2 Å². The topological polar surface area (TPSA) is 107 Å². The molecular weight excluding hydrogens is 423 g/mol. The Morgan fingerprint density at radius 2 is 1.97 bits per heavy atom. The van der Waals surface area contributed by atoms with E-state index in [4.69, 9.17) is 5.10 Å². The van der Waals surface area contributed by atoms with Crippen LogP contribution >= 0.6 is 0 Å². The Hall–Kier alpha value is -3.77. The molecule has 1 amide bonds. The van der Waals surface area contributed by atoms with Gasteiger partial charge >= 0.3 is 0 Å². The van der Waals surface area contributed by atoms with Crippen molar-refractivity contribution in [3.05, 3.63) is 59.2 Å². The molecule has 2 aliphatic heterocycles. The average Bonchev–Trinajstić information content (AvgIpc) is 3.39. The van der Waals surface area contributed by atoms with Gasteiger partial charge in [-0.3, -0.25) is 4.79 Å². The number of aromatic nitrogens is 3. The van der Waals surface area contributed by atoms with Crippen LogP contribution in [-0.4, -0.2) is 44.0 Å². The third-order valence-corrected chi connectivity index (χ3v) is 6.37. The van der Waals surface area contributed by atoms with E-state index in [0.29, 0.717) is 29.8 Å². The molecule has 8 nitrogen and oxygen atoms in total. The Balaban J connectivity index is 1.63. The summed E-state index contributed by atoms with van der Waals surface area (Å²) in [5.74, 6) is -0.0931. The predicted molar refractivity (Wildman–Crippen MR) is 119 cm³/mol. The number of aliphatic hydroxyl groups is 1. The van der Waals surface area contributed by atoms with Crippen molar-refractivity contribution in [1.29, 1.82) is 5.26 Å².